The molecule has 0 unspecified atom stereocenters. The molecule has 1 rings (SSSR count). The molecule has 0 aromatic heterocycles. The smallest absolute Gasteiger partial charge is 0.302 e. The van der Waals surface area contributed by atoms with Crippen LogP contribution in [0.15, 0.2) is 24.3 Å². The number of ether oxygens (including phenoxy) is 1. The van der Waals surface area contributed by atoms with Gasteiger partial charge >= 0.3 is 5.97 Å². The van der Waals surface area contributed by atoms with E-state index in [0.717, 1.165) is 0 Å². The van der Waals surface area contributed by atoms with E-state index >= 15 is 0 Å². The predicted octanol–water partition coefficient (Wildman–Crippen LogP) is 4.04. The zero-order valence-corrected chi connectivity index (χ0v) is 12.3. The topological polar surface area (TPSA) is 26.3 Å². The van der Waals surface area contributed by atoms with Crippen LogP contribution < -0.4 is 0 Å². The summed E-state index contributed by atoms with van der Waals surface area (Å²) in [5, 5.41) is 0. The van der Waals surface area contributed by atoms with Gasteiger partial charge in [0.1, 0.15) is 6.10 Å². The molecule has 0 heterocycles. The van der Waals surface area contributed by atoms with Crippen molar-refractivity contribution in [1.82, 2.24) is 0 Å². The van der Waals surface area contributed by atoms with Gasteiger partial charge in [0, 0.05) is 12.8 Å². The maximum atomic E-state index is 11.0. The summed E-state index contributed by atoms with van der Waals surface area (Å²) in [6.07, 6.45) is -0.0945. The van der Waals surface area contributed by atoms with Crippen molar-refractivity contribution >= 4 is 5.97 Å². The maximum Gasteiger partial charge on any atom is 0.302 e. The summed E-state index contributed by atoms with van der Waals surface area (Å²) in [6.45, 7) is 12.1. The highest BCUT2D eigenvalue weighted by Crippen LogP contribution is 2.26. The Hall–Kier alpha value is -1.31. The number of carbonyl (C=O) groups is 1. The van der Waals surface area contributed by atoms with Crippen LogP contribution in [-0.4, -0.2) is 12.1 Å². The highest BCUT2D eigenvalue weighted by Gasteiger charge is 2.18. The second-order valence-electron chi connectivity index (χ2n) is 5.98. The molecule has 2 heteroatoms. The average molecular weight is 248 g/mol. The van der Waals surface area contributed by atoms with Gasteiger partial charge in [-0.05, 0) is 23.5 Å². The zero-order valence-electron chi connectivity index (χ0n) is 12.3. The van der Waals surface area contributed by atoms with Crippen molar-refractivity contribution < 1.29 is 9.53 Å². The molecule has 18 heavy (non-hydrogen) atoms. The number of rotatable bonds is 3. The van der Waals surface area contributed by atoms with Crippen molar-refractivity contribution in [2.45, 2.75) is 59.0 Å². The van der Waals surface area contributed by atoms with Crippen molar-refractivity contribution in [2.24, 2.45) is 0 Å². The molecule has 0 bridgehead atoms. The van der Waals surface area contributed by atoms with E-state index in [2.05, 4.69) is 52.0 Å². The summed E-state index contributed by atoms with van der Waals surface area (Å²) in [5.41, 5.74) is 2.69. The molecule has 0 saturated carbocycles. The molecule has 2 atom stereocenters. The van der Waals surface area contributed by atoms with Crippen LogP contribution in [0.2, 0.25) is 0 Å². The molecule has 0 amide bonds. The Labute approximate surface area is 110 Å². The van der Waals surface area contributed by atoms with Gasteiger partial charge in [0.15, 0.2) is 0 Å². The first-order valence-corrected chi connectivity index (χ1v) is 6.49. The largest absolute Gasteiger partial charge is 0.462 e. The van der Waals surface area contributed by atoms with Crippen LogP contribution in [0.5, 0.6) is 0 Å². The van der Waals surface area contributed by atoms with E-state index in [1.165, 1.54) is 18.1 Å². The summed E-state index contributed by atoms with van der Waals surface area (Å²) in [4.78, 5) is 11.0. The van der Waals surface area contributed by atoms with Crippen LogP contribution in [0.25, 0.3) is 0 Å². The third-order valence-electron chi connectivity index (χ3n) is 3.36. The summed E-state index contributed by atoms with van der Waals surface area (Å²) >= 11 is 0. The molecule has 1 aromatic rings. The number of hydrogen-bond donors (Lipinski definition) is 0. The zero-order chi connectivity index (χ0) is 13.9. The second kappa shape index (κ2) is 5.55. The van der Waals surface area contributed by atoms with Crippen molar-refractivity contribution in [3.8, 4) is 0 Å². The lowest BCUT2D eigenvalue weighted by Gasteiger charge is -2.23. The lowest BCUT2D eigenvalue weighted by atomic mass is 9.85. The van der Waals surface area contributed by atoms with Gasteiger partial charge in [-0.1, -0.05) is 52.0 Å². The van der Waals surface area contributed by atoms with Crippen LogP contribution in [0.4, 0.5) is 0 Å². The van der Waals surface area contributed by atoms with Crippen LogP contribution in [-0.2, 0) is 14.9 Å². The Kier molecular flexibility index (Phi) is 4.55. The van der Waals surface area contributed by atoms with Gasteiger partial charge in [-0.2, -0.15) is 0 Å². The number of hydrogen-bond acceptors (Lipinski definition) is 2. The van der Waals surface area contributed by atoms with E-state index in [4.69, 9.17) is 4.74 Å². The van der Waals surface area contributed by atoms with Crippen molar-refractivity contribution in [3.63, 3.8) is 0 Å². The summed E-state index contributed by atoms with van der Waals surface area (Å²) in [7, 11) is 0. The molecule has 0 aliphatic carbocycles. The summed E-state index contributed by atoms with van der Waals surface area (Å²) in [6, 6.07) is 8.58. The van der Waals surface area contributed by atoms with Gasteiger partial charge in [-0.15, -0.1) is 0 Å². The second-order valence-corrected chi connectivity index (χ2v) is 5.98. The Morgan fingerprint density at radius 2 is 1.61 bits per heavy atom. The third-order valence-corrected chi connectivity index (χ3v) is 3.36. The Morgan fingerprint density at radius 1 is 1.11 bits per heavy atom. The molecule has 1 aromatic carbocycles. The number of benzene rings is 1. The van der Waals surface area contributed by atoms with E-state index in [9.17, 15) is 4.79 Å². The van der Waals surface area contributed by atoms with Crippen molar-refractivity contribution in [1.29, 1.82) is 0 Å². The Morgan fingerprint density at radius 3 is 2.00 bits per heavy atom. The molecule has 0 radical (unpaired) electrons. The van der Waals surface area contributed by atoms with Gasteiger partial charge in [0.05, 0.1) is 0 Å². The normalized spacial score (nSPS) is 15.0. The minimum absolute atomic E-state index is 0.0945. The molecule has 0 saturated heterocycles. The van der Waals surface area contributed by atoms with Gasteiger partial charge < -0.3 is 4.74 Å². The minimum atomic E-state index is -0.222. The molecule has 0 aliphatic heterocycles. The van der Waals surface area contributed by atoms with Gasteiger partial charge in [0.25, 0.3) is 0 Å². The fourth-order valence-corrected chi connectivity index (χ4v) is 1.92. The van der Waals surface area contributed by atoms with Crippen LogP contribution >= 0.6 is 0 Å². The fourth-order valence-electron chi connectivity index (χ4n) is 1.92. The van der Waals surface area contributed by atoms with Gasteiger partial charge in [-0.25, -0.2) is 0 Å². The lowest BCUT2D eigenvalue weighted by Crippen LogP contribution is -2.19. The van der Waals surface area contributed by atoms with E-state index < -0.39 is 0 Å². The lowest BCUT2D eigenvalue weighted by molar-refractivity contribution is -0.146. The highest BCUT2D eigenvalue weighted by atomic mass is 16.5. The molecular weight excluding hydrogens is 224 g/mol. The first-order valence-electron chi connectivity index (χ1n) is 6.49. The summed E-state index contributed by atoms with van der Waals surface area (Å²) in [5.74, 6) is -0.0106. The molecule has 100 valence electrons. The van der Waals surface area contributed by atoms with Gasteiger partial charge in [0.2, 0.25) is 0 Å². The van der Waals surface area contributed by atoms with Crippen molar-refractivity contribution in [2.75, 3.05) is 0 Å². The first-order chi connectivity index (χ1) is 8.21. The molecule has 0 fully saturated rings. The molecular formula is C16H24O2. The Bertz CT molecular complexity index is 398. The molecule has 0 spiro atoms. The average Bonchev–Trinajstić information content (AvgIpc) is 2.26. The minimum Gasteiger partial charge on any atom is -0.462 e. The van der Waals surface area contributed by atoms with Crippen LogP contribution in [0.1, 0.15) is 58.6 Å². The van der Waals surface area contributed by atoms with Crippen molar-refractivity contribution in [3.05, 3.63) is 35.4 Å². The monoisotopic (exact) mass is 248 g/mol. The standard InChI is InChI=1S/C16H24O2/c1-11(12(2)18-13(3)17)14-7-9-15(10-8-14)16(4,5)6/h7-12H,1-6H3/t11-,12-/m1/s1. The number of carbonyl (C=O) groups excluding carboxylic acids is 1. The molecule has 0 N–H and O–H groups in total. The van der Waals surface area contributed by atoms with E-state index in [1.807, 2.05) is 6.92 Å². The van der Waals surface area contributed by atoms with E-state index in [0.29, 0.717) is 0 Å². The molecule has 2 nitrogen and oxygen atoms in total. The van der Waals surface area contributed by atoms with Gasteiger partial charge in [-0.3, -0.25) is 4.79 Å². The SMILES string of the molecule is CC(=O)O[C@H](C)[C@@H](C)c1ccc(C(C)(C)C)cc1. The Balaban J connectivity index is 2.82. The number of esters is 1. The fraction of sp³-hybridized carbons (Fsp3) is 0.562. The first kappa shape index (κ1) is 14.7. The van der Waals surface area contributed by atoms with E-state index in [1.54, 1.807) is 0 Å². The highest BCUT2D eigenvalue weighted by molar-refractivity contribution is 5.66. The maximum absolute atomic E-state index is 11.0. The van der Waals surface area contributed by atoms with Crippen LogP contribution in [0, 0.1) is 0 Å². The predicted molar refractivity (Wildman–Crippen MR) is 74.8 cm³/mol. The van der Waals surface area contributed by atoms with E-state index in [-0.39, 0.29) is 23.4 Å². The van der Waals surface area contributed by atoms with Crippen LogP contribution in [0.3, 0.4) is 0 Å². The quantitative estimate of drug-likeness (QED) is 0.755. The molecule has 0 aliphatic rings. The third kappa shape index (κ3) is 3.86. The summed E-state index contributed by atoms with van der Waals surface area (Å²) < 4.78 is 5.22.